The fourth-order valence-electron chi connectivity index (χ4n) is 14.8. The van der Waals surface area contributed by atoms with Gasteiger partial charge in [0.05, 0.1) is 5.60 Å². The Kier molecular flexibility index (Phi) is 52.6. The third-order valence-corrected chi connectivity index (χ3v) is 25.8. The maximum atomic E-state index is 14.2. The summed E-state index contributed by atoms with van der Waals surface area (Å²) in [5.41, 5.74) is 6.10. The predicted octanol–water partition coefficient (Wildman–Crippen LogP) is 40.7. The summed E-state index contributed by atoms with van der Waals surface area (Å²) < 4.78 is 47.1. The molecule has 4 heteroatoms. The Morgan fingerprint density at radius 2 is 0.530 bits per heavy atom. The average molecular weight is 1670 g/mol. The summed E-state index contributed by atoms with van der Waals surface area (Å²) in [4.78, 5) is 0. The second-order valence-corrected chi connectivity index (χ2v) is 61.7. The monoisotopic (exact) mass is 1670 g/mol. The van der Waals surface area contributed by atoms with Crippen molar-refractivity contribution in [2.45, 2.75) is 574 Å². The Labute approximate surface area is 744 Å². The fraction of sp³-hybridized carbons (Fsp3) is 1.00. The van der Waals surface area contributed by atoms with Crippen molar-refractivity contribution in [1.82, 2.24) is 0 Å². The smallest absolute Gasteiger partial charge is 0.116 e. The third-order valence-electron chi connectivity index (χ3n) is 25.8. The summed E-state index contributed by atoms with van der Waals surface area (Å²) in [6, 6.07) is 0. The Balaban J connectivity index is -0.000000293. The van der Waals surface area contributed by atoms with E-state index >= 15 is 0 Å². The maximum Gasteiger partial charge on any atom is 0.116 e. The summed E-state index contributed by atoms with van der Waals surface area (Å²) in [5.74, 6) is 6.05. The van der Waals surface area contributed by atoms with Crippen molar-refractivity contribution in [2.24, 2.45) is 150 Å². The van der Waals surface area contributed by atoms with Gasteiger partial charge >= 0.3 is 0 Å². The Morgan fingerprint density at radius 3 is 0.692 bits per heavy atom. The van der Waals surface area contributed by atoms with Crippen LogP contribution in [-0.2, 0) is 4.74 Å². The van der Waals surface area contributed by atoms with Gasteiger partial charge in [-0.1, -0.05) is 408 Å². The van der Waals surface area contributed by atoms with Crippen molar-refractivity contribution in [3.05, 3.63) is 0 Å². The van der Waals surface area contributed by atoms with Gasteiger partial charge in [0.1, 0.15) is 18.0 Å². The highest BCUT2D eigenvalue weighted by Crippen LogP contribution is 2.58. The molecule has 0 bridgehead atoms. The van der Waals surface area contributed by atoms with E-state index in [-0.39, 0.29) is 44.0 Å². The zero-order valence-electron chi connectivity index (χ0n) is 93.7. The largest absolute Gasteiger partial charge is 0.376 e. The molecule has 7 unspecified atom stereocenters. The van der Waals surface area contributed by atoms with Crippen LogP contribution in [0, 0.1) is 150 Å². The van der Waals surface area contributed by atoms with E-state index in [0.29, 0.717) is 88.7 Å². The van der Waals surface area contributed by atoms with E-state index in [2.05, 4.69) is 381 Å². The van der Waals surface area contributed by atoms with Gasteiger partial charge < -0.3 is 4.74 Å². The zero-order valence-corrected chi connectivity index (χ0v) is 93.7. The van der Waals surface area contributed by atoms with E-state index in [9.17, 15) is 13.2 Å². The first-order valence-electron chi connectivity index (χ1n) is 48.8. The number of halogens is 3. The van der Waals surface area contributed by atoms with E-state index in [1.165, 1.54) is 96.3 Å². The molecule has 7 atom stereocenters. The van der Waals surface area contributed by atoms with Gasteiger partial charge in [-0.15, -0.1) is 0 Å². The minimum atomic E-state index is -0.912. The topological polar surface area (TPSA) is 9.23 Å². The van der Waals surface area contributed by atoms with Crippen LogP contribution in [0.2, 0.25) is 0 Å². The molecule has 0 spiro atoms. The van der Waals surface area contributed by atoms with Crippen LogP contribution >= 0.6 is 0 Å². The lowest BCUT2D eigenvalue weighted by Gasteiger charge is -2.54. The highest BCUT2D eigenvalue weighted by Gasteiger charge is 2.55. The standard InChI is InChI=1S/C13H25F.C13H26.C12H23F.C12H24.C11H24O.2C11H24.C10H21F.2C10H22/c1-12(2,3)9-7-10(11(14)8-9)13(4,5)6;1-12(2,3)10-7-8-11(9-10)13(4,5)6;1-10(2,3)9-7-12(13,8-9)11(4,5)6;1-11(2,3)9-7-10(8-9)12(4,5)6;1-10(2,3)8-7-9-12-11(4,5)6;1-9(11(5,6)7)8-10(2,3)4;1-10(2,3)8-7-9-11(4,5)6;1-9(2,3)7-8(11)10(4,5)6;2*1-9(2,3)7-8-10(4,5)6/h9-11H,7-8H2,1-6H3;10-11H,7-9H2,1-6H3;9H,7-8H2,1-6H3;9-10H,7-8H2,1-6H3;7-9H2,1-6H3;9H,8H2,1-7H3;7-9H2,1-6H3;8H,7H2,1-6H3;2*7-8H2,1-6H3. The predicted molar refractivity (Wildman–Crippen MR) is 535 cm³/mol. The lowest BCUT2D eigenvalue weighted by atomic mass is 9.54. The summed E-state index contributed by atoms with van der Waals surface area (Å²) in [7, 11) is 0. The summed E-state index contributed by atoms with van der Waals surface area (Å²) in [6.07, 6.45) is 23.1. The van der Waals surface area contributed by atoms with Crippen LogP contribution in [-0.4, -0.2) is 30.2 Å². The molecule has 117 heavy (non-hydrogen) atoms. The SMILES string of the molecule is CC(C)(C)C1CC(C(C)(C)C)C1.CC(C)(C)C1CC(F)(C(C)(C)C)C1.CC(C)(C)C1CC(F)C(C(C)(C)C)C1.CC(C)(C)C1CCC(C(C)(C)C)C1.CC(C)(C)CC(F)C(C)(C)C.CC(C)(C)CCC(C)(C)C.CC(C)(C)CCC(C)(C)C.CC(C)(C)CCCC(C)(C)C.CC(C)(C)CCCOC(C)(C)C.CC(CC(C)(C)C)C(C)(C)C. The zero-order chi connectivity index (χ0) is 95.8. The third kappa shape index (κ3) is 73.5. The molecular weight excluding hydrogens is 1430 g/mol. The van der Waals surface area contributed by atoms with E-state index < -0.39 is 18.0 Å². The minimum absolute atomic E-state index is 0.0257. The molecule has 0 N–H and O–H groups in total. The molecule has 4 rings (SSSR count). The first kappa shape index (κ1) is 128. The van der Waals surface area contributed by atoms with Gasteiger partial charge in [0.2, 0.25) is 0 Å². The highest BCUT2D eigenvalue weighted by molar-refractivity contribution is 5.05. The normalized spacial score (nSPS) is 23.0. The van der Waals surface area contributed by atoms with Gasteiger partial charge in [-0.2, -0.15) is 0 Å². The summed E-state index contributed by atoms with van der Waals surface area (Å²) in [6.45, 7) is 138. The van der Waals surface area contributed by atoms with Crippen molar-refractivity contribution in [3.63, 3.8) is 0 Å². The van der Waals surface area contributed by atoms with Crippen LogP contribution < -0.4 is 0 Å². The first-order chi connectivity index (χ1) is 50.2. The van der Waals surface area contributed by atoms with Crippen LogP contribution in [0.5, 0.6) is 0 Å². The van der Waals surface area contributed by atoms with E-state index in [4.69, 9.17) is 4.74 Å². The molecule has 0 aromatic carbocycles. The molecule has 4 saturated carbocycles. The second kappa shape index (κ2) is 48.2. The number of ether oxygens (including phenoxy) is 1. The molecule has 0 heterocycles. The molecule has 0 aliphatic heterocycles. The van der Waals surface area contributed by atoms with Crippen LogP contribution in [0.4, 0.5) is 13.2 Å². The highest BCUT2D eigenvalue weighted by atomic mass is 19.1. The molecule has 0 saturated heterocycles. The van der Waals surface area contributed by atoms with E-state index in [1.807, 2.05) is 41.5 Å². The first-order valence-corrected chi connectivity index (χ1v) is 48.8. The lowest BCUT2D eigenvalue weighted by molar-refractivity contribution is -0.112. The molecule has 4 aliphatic rings. The maximum absolute atomic E-state index is 14.2. The number of rotatable bonds is 9. The Hall–Kier alpha value is -0.250. The minimum Gasteiger partial charge on any atom is -0.376 e. The lowest BCUT2D eigenvalue weighted by Crippen LogP contribution is -2.53. The van der Waals surface area contributed by atoms with Crippen molar-refractivity contribution in [2.75, 3.05) is 6.61 Å². The average Bonchev–Trinajstić information content (AvgIpc) is 1.53. The molecule has 1 nitrogen and oxygen atoms in total. The Morgan fingerprint density at radius 1 is 0.282 bits per heavy atom. The fourth-order valence-corrected chi connectivity index (χ4v) is 14.8. The van der Waals surface area contributed by atoms with Crippen molar-refractivity contribution in [3.8, 4) is 0 Å². The molecule has 4 aliphatic carbocycles. The van der Waals surface area contributed by atoms with Gasteiger partial charge in [0.15, 0.2) is 0 Å². The van der Waals surface area contributed by atoms with Gasteiger partial charge in [0, 0.05) is 6.61 Å². The van der Waals surface area contributed by atoms with Crippen LogP contribution in [0.25, 0.3) is 0 Å². The molecule has 4 fully saturated rings. The number of hydrogen-bond donors (Lipinski definition) is 0. The van der Waals surface area contributed by atoms with Crippen LogP contribution in [0.15, 0.2) is 0 Å². The Bertz CT molecular complexity index is 2330. The molecule has 0 radical (unpaired) electrons. The van der Waals surface area contributed by atoms with Gasteiger partial charge in [-0.25, -0.2) is 13.2 Å². The summed E-state index contributed by atoms with van der Waals surface area (Å²) in [5, 5.41) is 0. The second-order valence-electron chi connectivity index (χ2n) is 61.7. The molecule has 0 amide bonds. The van der Waals surface area contributed by atoms with Gasteiger partial charge in [0.25, 0.3) is 0 Å². The van der Waals surface area contributed by atoms with Crippen molar-refractivity contribution < 1.29 is 17.9 Å². The quantitative estimate of drug-likeness (QED) is 0.209. The molecule has 714 valence electrons. The van der Waals surface area contributed by atoms with E-state index in [0.717, 1.165) is 61.9 Å². The number of alkyl halides is 3. The van der Waals surface area contributed by atoms with E-state index in [1.54, 1.807) is 0 Å². The van der Waals surface area contributed by atoms with Gasteiger partial charge in [-0.05, 0) is 293 Å². The van der Waals surface area contributed by atoms with Crippen molar-refractivity contribution in [1.29, 1.82) is 0 Å². The van der Waals surface area contributed by atoms with Crippen LogP contribution in [0.1, 0.15) is 551 Å². The van der Waals surface area contributed by atoms with Gasteiger partial charge in [-0.3, -0.25) is 0 Å². The number of hydrogen-bond acceptors (Lipinski definition) is 1. The summed E-state index contributed by atoms with van der Waals surface area (Å²) >= 11 is 0. The van der Waals surface area contributed by atoms with Crippen molar-refractivity contribution >= 4 is 0 Å². The van der Waals surface area contributed by atoms with Crippen LogP contribution in [0.3, 0.4) is 0 Å². The molecular formula is C113H235F3O. The molecule has 0 aromatic rings. The molecule has 0 aromatic heterocycles.